The van der Waals surface area contributed by atoms with Gasteiger partial charge in [-0.2, -0.15) is 0 Å². The molecule has 0 spiro atoms. The Hall–Kier alpha value is -0.460. The Morgan fingerprint density at radius 1 is 1.47 bits per heavy atom. The van der Waals surface area contributed by atoms with Crippen molar-refractivity contribution >= 4 is 37.8 Å². The van der Waals surface area contributed by atoms with E-state index in [-0.39, 0.29) is 12.0 Å². The third-order valence-electron chi connectivity index (χ3n) is 2.54. The quantitative estimate of drug-likeness (QED) is 0.720. The van der Waals surface area contributed by atoms with Crippen molar-refractivity contribution in [1.82, 2.24) is 9.88 Å². The zero-order valence-corrected chi connectivity index (χ0v) is 12.5. The van der Waals surface area contributed by atoms with E-state index in [0.717, 1.165) is 0 Å². The normalized spacial score (nSPS) is 20.4. The van der Waals surface area contributed by atoms with Gasteiger partial charge in [0.1, 0.15) is 9.21 Å². The summed E-state index contributed by atoms with van der Waals surface area (Å²) in [4.78, 5) is 18.2. The molecule has 1 aliphatic rings. The maximum absolute atomic E-state index is 12.3. The highest BCUT2D eigenvalue weighted by atomic mass is 79.9. The van der Waals surface area contributed by atoms with E-state index < -0.39 is 0 Å². The van der Waals surface area contributed by atoms with Crippen molar-refractivity contribution < 1.29 is 9.53 Å². The molecule has 0 bridgehead atoms. The summed E-state index contributed by atoms with van der Waals surface area (Å²) in [7, 11) is 0. The summed E-state index contributed by atoms with van der Waals surface area (Å²) in [6.45, 7) is 3.84. The molecule has 1 aliphatic heterocycles. The van der Waals surface area contributed by atoms with Crippen molar-refractivity contribution in [3.05, 3.63) is 26.9 Å². The summed E-state index contributed by atoms with van der Waals surface area (Å²) in [6, 6.07) is 3.46. The fourth-order valence-electron chi connectivity index (χ4n) is 1.77. The molecule has 0 unspecified atom stereocenters. The number of pyridine rings is 1. The summed E-state index contributed by atoms with van der Waals surface area (Å²) >= 11 is 6.56. The first-order valence-electron chi connectivity index (χ1n) is 5.30. The minimum Gasteiger partial charge on any atom is -0.375 e. The van der Waals surface area contributed by atoms with Crippen molar-refractivity contribution in [3.8, 4) is 0 Å². The van der Waals surface area contributed by atoms with E-state index in [1.165, 1.54) is 0 Å². The van der Waals surface area contributed by atoms with Gasteiger partial charge in [-0.05, 0) is 50.9 Å². The SMILES string of the molecule is C[C@@H]1CN(C(=O)c2cc(Br)nc(Br)c2)CCO1. The fraction of sp³-hybridized carbons (Fsp3) is 0.455. The van der Waals surface area contributed by atoms with Crippen molar-refractivity contribution in [1.29, 1.82) is 0 Å². The number of hydrogen-bond acceptors (Lipinski definition) is 3. The van der Waals surface area contributed by atoms with Gasteiger partial charge in [-0.1, -0.05) is 0 Å². The maximum Gasteiger partial charge on any atom is 0.254 e. The number of hydrogen-bond donors (Lipinski definition) is 0. The van der Waals surface area contributed by atoms with E-state index in [0.29, 0.717) is 34.5 Å². The molecule has 1 aromatic rings. The van der Waals surface area contributed by atoms with Crippen LogP contribution in [-0.4, -0.2) is 41.6 Å². The third kappa shape index (κ3) is 3.26. The molecule has 2 heterocycles. The topological polar surface area (TPSA) is 42.4 Å². The van der Waals surface area contributed by atoms with E-state index in [4.69, 9.17) is 4.74 Å². The van der Waals surface area contributed by atoms with E-state index in [2.05, 4.69) is 36.8 Å². The van der Waals surface area contributed by atoms with Gasteiger partial charge in [0.15, 0.2) is 0 Å². The van der Waals surface area contributed by atoms with Gasteiger partial charge in [-0.15, -0.1) is 0 Å². The average Bonchev–Trinajstić information content (AvgIpc) is 2.26. The van der Waals surface area contributed by atoms with Crippen LogP contribution in [-0.2, 0) is 4.74 Å². The van der Waals surface area contributed by atoms with Gasteiger partial charge in [-0.25, -0.2) is 4.98 Å². The van der Waals surface area contributed by atoms with Gasteiger partial charge >= 0.3 is 0 Å². The van der Waals surface area contributed by atoms with Gasteiger partial charge in [0.05, 0.1) is 12.7 Å². The summed E-state index contributed by atoms with van der Waals surface area (Å²) in [5.41, 5.74) is 0.632. The Bertz CT molecular complexity index is 419. The van der Waals surface area contributed by atoms with Crippen LogP contribution in [0.5, 0.6) is 0 Å². The van der Waals surface area contributed by atoms with Gasteiger partial charge in [0.25, 0.3) is 5.91 Å². The Labute approximate surface area is 117 Å². The molecule has 1 saturated heterocycles. The predicted octanol–water partition coefficient (Wildman–Crippen LogP) is 2.47. The lowest BCUT2D eigenvalue weighted by atomic mass is 10.2. The van der Waals surface area contributed by atoms with Crippen LogP contribution in [0, 0.1) is 0 Å². The number of rotatable bonds is 1. The molecule has 0 N–H and O–H groups in total. The van der Waals surface area contributed by atoms with Gasteiger partial charge in [0.2, 0.25) is 0 Å². The molecule has 0 saturated carbocycles. The molecule has 92 valence electrons. The number of carbonyl (C=O) groups excluding carboxylic acids is 1. The molecule has 0 aliphatic carbocycles. The van der Waals surface area contributed by atoms with Crippen molar-refractivity contribution in [2.24, 2.45) is 0 Å². The van der Waals surface area contributed by atoms with E-state index in [1.807, 2.05) is 11.8 Å². The molecule has 0 radical (unpaired) electrons. The van der Waals surface area contributed by atoms with Gasteiger partial charge < -0.3 is 9.64 Å². The van der Waals surface area contributed by atoms with Gasteiger partial charge in [-0.3, -0.25) is 4.79 Å². The first-order valence-corrected chi connectivity index (χ1v) is 6.89. The van der Waals surface area contributed by atoms with Crippen molar-refractivity contribution in [3.63, 3.8) is 0 Å². The number of nitrogens with zero attached hydrogens (tertiary/aromatic N) is 2. The average molecular weight is 364 g/mol. The van der Waals surface area contributed by atoms with E-state index in [1.54, 1.807) is 12.1 Å². The third-order valence-corrected chi connectivity index (χ3v) is 3.35. The highest BCUT2D eigenvalue weighted by Crippen LogP contribution is 2.18. The maximum atomic E-state index is 12.3. The van der Waals surface area contributed by atoms with Crippen LogP contribution in [0.3, 0.4) is 0 Å². The molecular weight excluding hydrogens is 352 g/mol. The Morgan fingerprint density at radius 3 is 2.71 bits per heavy atom. The molecule has 1 amide bonds. The lowest BCUT2D eigenvalue weighted by Gasteiger charge is -2.31. The zero-order valence-electron chi connectivity index (χ0n) is 9.32. The second kappa shape index (κ2) is 5.46. The van der Waals surface area contributed by atoms with Crippen LogP contribution >= 0.6 is 31.9 Å². The van der Waals surface area contributed by atoms with Crippen LogP contribution in [0.2, 0.25) is 0 Å². The predicted molar refractivity (Wildman–Crippen MR) is 71.0 cm³/mol. The molecule has 1 aromatic heterocycles. The highest BCUT2D eigenvalue weighted by Gasteiger charge is 2.22. The number of morpholine rings is 1. The summed E-state index contributed by atoms with van der Waals surface area (Å²) < 4.78 is 6.72. The molecule has 2 rings (SSSR count). The fourth-order valence-corrected chi connectivity index (χ4v) is 2.89. The van der Waals surface area contributed by atoms with Crippen LogP contribution in [0.4, 0.5) is 0 Å². The summed E-state index contributed by atoms with van der Waals surface area (Å²) in [5, 5.41) is 0. The molecule has 4 nitrogen and oxygen atoms in total. The molecule has 17 heavy (non-hydrogen) atoms. The Balaban J connectivity index is 2.18. The van der Waals surface area contributed by atoms with E-state index >= 15 is 0 Å². The second-order valence-electron chi connectivity index (χ2n) is 3.93. The van der Waals surface area contributed by atoms with Crippen molar-refractivity contribution in [2.45, 2.75) is 13.0 Å². The molecule has 6 heteroatoms. The first kappa shape index (κ1) is 13.0. The Kier molecular flexibility index (Phi) is 4.17. The van der Waals surface area contributed by atoms with Crippen LogP contribution in [0.1, 0.15) is 17.3 Å². The molecule has 1 atom stereocenters. The molecule has 1 fully saturated rings. The number of ether oxygens (including phenoxy) is 1. The van der Waals surface area contributed by atoms with Crippen molar-refractivity contribution in [2.75, 3.05) is 19.7 Å². The second-order valence-corrected chi connectivity index (χ2v) is 5.56. The standard InChI is InChI=1S/C11H12Br2N2O2/c1-7-6-15(2-3-17-7)11(16)8-4-9(12)14-10(13)5-8/h4-5,7H,2-3,6H2,1H3/t7-/m1/s1. The van der Waals surface area contributed by atoms with Crippen LogP contribution < -0.4 is 0 Å². The number of amides is 1. The minimum absolute atomic E-state index is 0.0175. The highest BCUT2D eigenvalue weighted by molar-refractivity contribution is 9.11. The minimum atomic E-state index is 0.0175. The summed E-state index contributed by atoms with van der Waals surface area (Å²) in [5.74, 6) is 0.0175. The van der Waals surface area contributed by atoms with Crippen LogP contribution in [0.25, 0.3) is 0 Å². The number of aromatic nitrogens is 1. The molecular formula is C11H12Br2N2O2. The summed E-state index contributed by atoms with van der Waals surface area (Å²) in [6.07, 6.45) is 0.0985. The number of halogens is 2. The number of carbonyl (C=O) groups is 1. The largest absolute Gasteiger partial charge is 0.375 e. The molecule has 0 aromatic carbocycles. The lowest BCUT2D eigenvalue weighted by molar-refractivity contribution is -0.0124. The first-order chi connectivity index (χ1) is 8.06. The smallest absolute Gasteiger partial charge is 0.254 e. The van der Waals surface area contributed by atoms with E-state index in [9.17, 15) is 4.79 Å². The van der Waals surface area contributed by atoms with Gasteiger partial charge in [0, 0.05) is 18.7 Å². The Morgan fingerprint density at radius 2 is 2.12 bits per heavy atom. The zero-order chi connectivity index (χ0) is 12.4. The monoisotopic (exact) mass is 362 g/mol. The van der Waals surface area contributed by atoms with Crippen LogP contribution in [0.15, 0.2) is 21.3 Å². The lowest BCUT2D eigenvalue weighted by Crippen LogP contribution is -2.44.